The van der Waals surface area contributed by atoms with Crippen molar-refractivity contribution in [3.05, 3.63) is 53.6 Å². The number of nitrogens with one attached hydrogen (secondary N) is 1. The Balaban J connectivity index is 1.49. The lowest BCUT2D eigenvalue weighted by molar-refractivity contribution is -0.133. The largest absolute Gasteiger partial charge is 0.454 e. The van der Waals surface area contributed by atoms with Gasteiger partial charge in [0.25, 0.3) is 0 Å². The van der Waals surface area contributed by atoms with E-state index in [2.05, 4.69) is 5.32 Å². The number of hydrogen-bond acceptors (Lipinski definition) is 5. The highest BCUT2D eigenvalue weighted by molar-refractivity contribution is 5.99. The minimum Gasteiger partial charge on any atom is -0.454 e. The fraction of sp³-hybridized carbons (Fsp3) is 0.250. The van der Waals surface area contributed by atoms with E-state index >= 15 is 0 Å². The molecule has 0 aliphatic carbocycles. The van der Waals surface area contributed by atoms with Gasteiger partial charge in [-0.2, -0.15) is 5.26 Å². The van der Waals surface area contributed by atoms with E-state index in [0.29, 0.717) is 42.1 Å². The van der Waals surface area contributed by atoms with Gasteiger partial charge in [0.1, 0.15) is 6.04 Å². The predicted molar refractivity (Wildman–Crippen MR) is 95.9 cm³/mol. The van der Waals surface area contributed by atoms with Crippen LogP contribution >= 0.6 is 0 Å². The summed E-state index contributed by atoms with van der Waals surface area (Å²) in [5.41, 5.74) is 1.88. The van der Waals surface area contributed by atoms with Crippen LogP contribution in [0.3, 0.4) is 0 Å². The van der Waals surface area contributed by atoms with Gasteiger partial charge in [-0.15, -0.1) is 0 Å². The molecule has 1 saturated heterocycles. The third-order valence-corrected chi connectivity index (χ3v) is 4.68. The second-order valence-corrected chi connectivity index (χ2v) is 6.45. The van der Waals surface area contributed by atoms with Gasteiger partial charge in [-0.3, -0.25) is 9.59 Å². The van der Waals surface area contributed by atoms with Gasteiger partial charge in [-0.25, -0.2) is 0 Å². The lowest BCUT2D eigenvalue weighted by Gasteiger charge is -2.24. The number of likely N-dealkylation sites (tertiary alicyclic amines) is 1. The Morgan fingerprint density at radius 2 is 2.07 bits per heavy atom. The van der Waals surface area contributed by atoms with E-state index in [1.807, 2.05) is 18.2 Å². The number of carbonyl (C=O) groups is 2. The smallest absolute Gasteiger partial charge is 0.247 e. The first kappa shape index (κ1) is 16.9. The number of ether oxygens (including phenoxy) is 2. The summed E-state index contributed by atoms with van der Waals surface area (Å²) < 4.78 is 10.7. The molecule has 1 unspecified atom stereocenters. The average molecular weight is 363 g/mol. The van der Waals surface area contributed by atoms with Crippen LogP contribution in [-0.2, 0) is 16.1 Å². The first-order valence-corrected chi connectivity index (χ1v) is 8.63. The van der Waals surface area contributed by atoms with E-state index in [-0.39, 0.29) is 18.6 Å². The molecule has 0 aromatic heterocycles. The van der Waals surface area contributed by atoms with E-state index in [0.717, 1.165) is 5.56 Å². The van der Waals surface area contributed by atoms with Crippen LogP contribution in [0.5, 0.6) is 11.5 Å². The maximum absolute atomic E-state index is 12.7. The lowest BCUT2D eigenvalue weighted by atomic mass is 10.1. The Morgan fingerprint density at radius 1 is 1.22 bits per heavy atom. The van der Waals surface area contributed by atoms with Crippen molar-refractivity contribution in [2.24, 2.45) is 0 Å². The molecule has 0 radical (unpaired) electrons. The van der Waals surface area contributed by atoms with Crippen molar-refractivity contribution in [3.8, 4) is 17.6 Å². The Kier molecular flexibility index (Phi) is 4.38. The second kappa shape index (κ2) is 7.00. The minimum absolute atomic E-state index is 0.0569. The SMILES string of the molecule is N#Cc1cccc(NC(=O)C2CCC(=O)N2Cc2ccc3c(c2)OCO3)c1. The van der Waals surface area contributed by atoms with Gasteiger partial charge in [0.05, 0.1) is 11.6 Å². The van der Waals surface area contributed by atoms with Crippen molar-refractivity contribution in [2.45, 2.75) is 25.4 Å². The van der Waals surface area contributed by atoms with Crippen molar-refractivity contribution >= 4 is 17.5 Å². The Morgan fingerprint density at radius 3 is 2.93 bits per heavy atom. The second-order valence-electron chi connectivity index (χ2n) is 6.45. The molecule has 2 aliphatic rings. The van der Waals surface area contributed by atoms with E-state index < -0.39 is 6.04 Å². The summed E-state index contributed by atoms with van der Waals surface area (Å²) in [6.07, 6.45) is 0.800. The summed E-state index contributed by atoms with van der Waals surface area (Å²) in [7, 11) is 0. The van der Waals surface area contributed by atoms with Gasteiger partial charge >= 0.3 is 0 Å². The van der Waals surface area contributed by atoms with E-state index in [1.165, 1.54) is 0 Å². The molecule has 2 aliphatic heterocycles. The van der Waals surface area contributed by atoms with Crippen LogP contribution in [0.1, 0.15) is 24.0 Å². The number of benzene rings is 2. The molecule has 2 aromatic rings. The highest BCUT2D eigenvalue weighted by Gasteiger charge is 2.36. The lowest BCUT2D eigenvalue weighted by Crippen LogP contribution is -2.41. The number of rotatable bonds is 4. The van der Waals surface area contributed by atoms with E-state index in [1.54, 1.807) is 35.2 Å². The minimum atomic E-state index is -0.548. The van der Waals surface area contributed by atoms with Gasteiger partial charge in [0.15, 0.2) is 11.5 Å². The van der Waals surface area contributed by atoms with Crippen LogP contribution in [0.2, 0.25) is 0 Å². The number of fused-ring (bicyclic) bond motifs is 1. The van der Waals surface area contributed by atoms with Gasteiger partial charge in [-0.1, -0.05) is 12.1 Å². The number of nitriles is 1. The van der Waals surface area contributed by atoms with Gasteiger partial charge in [0.2, 0.25) is 18.6 Å². The molecule has 7 heteroatoms. The average Bonchev–Trinajstić information content (AvgIpc) is 3.28. The summed E-state index contributed by atoms with van der Waals surface area (Å²) in [4.78, 5) is 26.6. The Bertz CT molecular complexity index is 950. The Labute approximate surface area is 156 Å². The predicted octanol–water partition coefficient (Wildman–Crippen LogP) is 2.42. The van der Waals surface area contributed by atoms with E-state index in [9.17, 15) is 9.59 Å². The maximum atomic E-state index is 12.7. The highest BCUT2D eigenvalue weighted by Crippen LogP contribution is 2.33. The molecule has 136 valence electrons. The molecule has 2 heterocycles. The molecule has 4 rings (SSSR count). The van der Waals surface area contributed by atoms with Crippen LogP contribution in [0.4, 0.5) is 5.69 Å². The van der Waals surface area contributed by atoms with E-state index in [4.69, 9.17) is 14.7 Å². The maximum Gasteiger partial charge on any atom is 0.247 e. The summed E-state index contributed by atoms with van der Waals surface area (Å²) in [5, 5.41) is 11.8. The van der Waals surface area contributed by atoms with Crippen LogP contribution in [-0.4, -0.2) is 29.5 Å². The summed E-state index contributed by atoms with van der Waals surface area (Å²) in [5.74, 6) is 1.02. The molecule has 0 saturated carbocycles. The zero-order valence-electron chi connectivity index (χ0n) is 14.5. The summed E-state index contributed by atoms with van der Waals surface area (Å²) in [6.45, 7) is 0.514. The fourth-order valence-electron chi connectivity index (χ4n) is 3.33. The quantitative estimate of drug-likeness (QED) is 0.901. The van der Waals surface area contributed by atoms with Crippen molar-refractivity contribution in [1.29, 1.82) is 5.26 Å². The monoisotopic (exact) mass is 363 g/mol. The topological polar surface area (TPSA) is 91.7 Å². The number of amides is 2. The standard InChI is InChI=1S/C20H17N3O4/c21-10-13-2-1-3-15(8-13)22-20(25)16-5-7-19(24)23(16)11-14-4-6-17-18(9-14)27-12-26-17/h1-4,6,8-9,16H,5,7,11-12H2,(H,22,25). The number of nitrogens with zero attached hydrogens (tertiary/aromatic N) is 2. The van der Waals surface area contributed by atoms with Crippen molar-refractivity contribution < 1.29 is 19.1 Å². The molecule has 1 fully saturated rings. The summed E-state index contributed by atoms with van der Waals surface area (Å²) >= 11 is 0. The highest BCUT2D eigenvalue weighted by atomic mass is 16.7. The van der Waals surface area contributed by atoms with Gasteiger partial charge < -0.3 is 19.7 Å². The molecule has 1 atom stereocenters. The molecule has 2 aromatic carbocycles. The number of anilines is 1. The number of hydrogen-bond donors (Lipinski definition) is 1. The normalized spacial score (nSPS) is 17.7. The fourth-order valence-corrected chi connectivity index (χ4v) is 3.33. The molecule has 0 bridgehead atoms. The first-order valence-electron chi connectivity index (χ1n) is 8.63. The van der Waals surface area contributed by atoms with Crippen LogP contribution in [0.15, 0.2) is 42.5 Å². The van der Waals surface area contributed by atoms with Crippen molar-refractivity contribution in [1.82, 2.24) is 4.90 Å². The first-order chi connectivity index (χ1) is 13.1. The molecule has 2 amide bonds. The Hall–Kier alpha value is -3.53. The molecule has 0 spiro atoms. The third-order valence-electron chi connectivity index (χ3n) is 4.68. The zero-order chi connectivity index (χ0) is 18.8. The number of carbonyl (C=O) groups excluding carboxylic acids is 2. The van der Waals surface area contributed by atoms with Crippen LogP contribution in [0.25, 0.3) is 0 Å². The van der Waals surface area contributed by atoms with Gasteiger partial charge in [0, 0.05) is 18.7 Å². The molecule has 7 nitrogen and oxygen atoms in total. The molecule has 1 N–H and O–H groups in total. The van der Waals surface area contributed by atoms with Crippen molar-refractivity contribution in [2.75, 3.05) is 12.1 Å². The van der Waals surface area contributed by atoms with Gasteiger partial charge in [-0.05, 0) is 42.3 Å². The summed E-state index contributed by atoms with van der Waals surface area (Å²) in [6, 6.07) is 13.7. The molecular formula is C20H17N3O4. The molecule has 27 heavy (non-hydrogen) atoms. The van der Waals surface area contributed by atoms with Crippen LogP contribution < -0.4 is 14.8 Å². The van der Waals surface area contributed by atoms with Crippen LogP contribution in [0, 0.1) is 11.3 Å². The third kappa shape index (κ3) is 3.42. The molecular weight excluding hydrogens is 346 g/mol. The van der Waals surface area contributed by atoms with Crippen molar-refractivity contribution in [3.63, 3.8) is 0 Å². The zero-order valence-corrected chi connectivity index (χ0v) is 14.5.